The number of ether oxygens (including phenoxy) is 3. The van der Waals surface area contributed by atoms with E-state index in [0.717, 1.165) is 5.56 Å². The van der Waals surface area contributed by atoms with Crippen molar-refractivity contribution in [1.82, 2.24) is 0 Å². The zero-order chi connectivity index (χ0) is 21.6. The maximum Gasteiger partial charge on any atom is 0.308 e. The first-order chi connectivity index (χ1) is 13.6. The smallest absolute Gasteiger partial charge is 0.308 e. The van der Waals surface area contributed by atoms with Gasteiger partial charge in [-0.15, -0.1) is 0 Å². The molecule has 6 atom stereocenters. The van der Waals surface area contributed by atoms with Crippen LogP contribution in [0.25, 0.3) is 0 Å². The van der Waals surface area contributed by atoms with Gasteiger partial charge < -0.3 is 39.7 Å². The second-order valence-electron chi connectivity index (χ2n) is 7.24. The fraction of sp³-hybridized carbons (Fsp3) is 0.579. The fourth-order valence-electron chi connectivity index (χ4n) is 2.87. The largest absolute Gasteiger partial charge is 0.481 e. The van der Waals surface area contributed by atoms with Crippen LogP contribution in [0.15, 0.2) is 30.3 Å². The Morgan fingerprint density at radius 3 is 2.34 bits per heavy atom. The van der Waals surface area contributed by atoms with E-state index < -0.39 is 67.7 Å². The van der Waals surface area contributed by atoms with Crippen LogP contribution in [0.4, 0.5) is 0 Å². The predicted octanol–water partition coefficient (Wildman–Crippen LogP) is -0.830. The highest BCUT2D eigenvalue weighted by Gasteiger charge is 2.45. The van der Waals surface area contributed by atoms with Gasteiger partial charge in [-0.05, 0) is 12.5 Å². The van der Waals surface area contributed by atoms with Gasteiger partial charge >= 0.3 is 11.9 Å². The predicted molar refractivity (Wildman–Crippen MR) is 96.4 cm³/mol. The molecular weight excluding hydrogens is 388 g/mol. The van der Waals surface area contributed by atoms with E-state index in [0.29, 0.717) is 0 Å². The van der Waals surface area contributed by atoms with Crippen molar-refractivity contribution < 1.29 is 49.3 Å². The second-order valence-corrected chi connectivity index (χ2v) is 7.24. The summed E-state index contributed by atoms with van der Waals surface area (Å²) in [6, 6.07) is 9.02. The fourth-order valence-corrected chi connectivity index (χ4v) is 2.87. The van der Waals surface area contributed by atoms with Gasteiger partial charge in [-0.25, -0.2) is 0 Å². The van der Waals surface area contributed by atoms with E-state index in [-0.39, 0.29) is 6.61 Å². The average Bonchev–Trinajstić information content (AvgIpc) is 2.64. The number of hydrogen-bond acceptors (Lipinski definition) is 9. The van der Waals surface area contributed by atoms with Gasteiger partial charge in [0.25, 0.3) is 0 Å². The van der Waals surface area contributed by atoms with Crippen LogP contribution >= 0.6 is 0 Å². The summed E-state index contributed by atoms with van der Waals surface area (Å²) in [5.41, 5.74) is -1.00. The molecule has 1 fully saturated rings. The third-order valence-electron chi connectivity index (χ3n) is 4.39. The first kappa shape index (κ1) is 23.2. The SMILES string of the molecule is CC(O)(CC(=O)O)CC(=O)OC[C@H]1O[C@@H](OCc2ccccc2)[C@H](O)[C@@H](O)[C@@H]1O. The van der Waals surface area contributed by atoms with Crippen LogP contribution in [0.2, 0.25) is 0 Å². The molecule has 1 aliphatic heterocycles. The summed E-state index contributed by atoms with van der Waals surface area (Å²) in [5.74, 6) is -2.18. The van der Waals surface area contributed by atoms with Crippen LogP contribution in [0.1, 0.15) is 25.3 Å². The molecule has 1 heterocycles. The van der Waals surface area contributed by atoms with E-state index in [1.54, 1.807) is 24.3 Å². The van der Waals surface area contributed by atoms with Crippen molar-refractivity contribution in [1.29, 1.82) is 0 Å². The first-order valence-electron chi connectivity index (χ1n) is 9.04. The Labute approximate surface area is 167 Å². The molecule has 0 saturated carbocycles. The van der Waals surface area contributed by atoms with Crippen LogP contribution in [-0.2, 0) is 30.4 Å². The van der Waals surface area contributed by atoms with Crippen LogP contribution in [0.3, 0.4) is 0 Å². The third-order valence-corrected chi connectivity index (χ3v) is 4.39. The molecule has 1 aromatic carbocycles. The van der Waals surface area contributed by atoms with Crippen LogP contribution < -0.4 is 0 Å². The van der Waals surface area contributed by atoms with Gasteiger partial charge in [0.1, 0.15) is 31.0 Å². The summed E-state index contributed by atoms with van der Waals surface area (Å²) in [6.07, 6.45) is -8.35. The first-order valence-corrected chi connectivity index (χ1v) is 9.04. The van der Waals surface area contributed by atoms with Crippen molar-refractivity contribution >= 4 is 11.9 Å². The topological polar surface area (TPSA) is 163 Å². The average molecular weight is 414 g/mol. The molecule has 1 saturated heterocycles. The van der Waals surface area contributed by atoms with Crippen molar-refractivity contribution in [2.24, 2.45) is 0 Å². The number of aliphatic carboxylic acids is 1. The van der Waals surface area contributed by atoms with Gasteiger partial charge in [0, 0.05) is 0 Å². The maximum atomic E-state index is 11.9. The molecular formula is C19H26O10. The lowest BCUT2D eigenvalue weighted by atomic mass is 9.98. The molecule has 0 amide bonds. The van der Waals surface area contributed by atoms with Gasteiger partial charge in [0.2, 0.25) is 0 Å². The highest BCUT2D eigenvalue weighted by molar-refractivity contribution is 5.73. The van der Waals surface area contributed by atoms with E-state index in [9.17, 15) is 30.0 Å². The molecule has 1 aromatic rings. The van der Waals surface area contributed by atoms with Crippen molar-refractivity contribution in [3.63, 3.8) is 0 Å². The Morgan fingerprint density at radius 2 is 1.72 bits per heavy atom. The zero-order valence-corrected chi connectivity index (χ0v) is 15.9. The van der Waals surface area contributed by atoms with Gasteiger partial charge in [0.05, 0.1) is 25.0 Å². The number of hydrogen-bond donors (Lipinski definition) is 5. The number of aliphatic hydroxyl groups excluding tert-OH is 3. The normalized spacial score (nSPS) is 29.1. The monoisotopic (exact) mass is 414 g/mol. The lowest BCUT2D eigenvalue weighted by Gasteiger charge is -2.40. The summed E-state index contributed by atoms with van der Waals surface area (Å²) in [4.78, 5) is 22.6. The molecule has 1 aliphatic rings. The number of carbonyl (C=O) groups is 2. The summed E-state index contributed by atoms with van der Waals surface area (Å²) < 4.78 is 15.8. The van der Waals surface area contributed by atoms with Crippen LogP contribution in [-0.4, -0.2) is 80.4 Å². The number of carboxylic acids is 1. The van der Waals surface area contributed by atoms with Crippen LogP contribution in [0.5, 0.6) is 0 Å². The van der Waals surface area contributed by atoms with E-state index in [1.165, 1.54) is 6.92 Å². The number of carboxylic acid groups (broad SMARTS) is 1. The highest BCUT2D eigenvalue weighted by Crippen LogP contribution is 2.24. The van der Waals surface area contributed by atoms with Gasteiger partial charge in [-0.2, -0.15) is 0 Å². The molecule has 0 radical (unpaired) electrons. The summed E-state index contributed by atoms with van der Waals surface area (Å²) in [5, 5.41) is 48.8. The van der Waals surface area contributed by atoms with E-state index in [1.807, 2.05) is 6.07 Å². The molecule has 2 rings (SSSR count). The minimum Gasteiger partial charge on any atom is -0.481 e. The second kappa shape index (κ2) is 10.1. The van der Waals surface area contributed by atoms with Crippen molar-refractivity contribution in [3.8, 4) is 0 Å². The van der Waals surface area contributed by atoms with Gasteiger partial charge in [0.15, 0.2) is 6.29 Å². The maximum absolute atomic E-state index is 11.9. The summed E-state index contributed by atoms with van der Waals surface area (Å²) in [6.45, 7) is 0.774. The Kier molecular flexibility index (Phi) is 8.08. The Balaban J connectivity index is 1.90. The third kappa shape index (κ3) is 7.03. The van der Waals surface area contributed by atoms with Crippen molar-refractivity contribution in [2.75, 3.05) is 6.61 Å². The zero-order valence-electron chi connectivity index (χ0n) is 15.9. The standard InChI is InChI=1S/C19H26O10/c1-19(26,7-13(20)21)8-14(22)27-10-12-15(23)16(24)17(25)18(29-12)28-9-11-5-3-2-4-6-11/h2-6,12,15-18,23-26H,7-10H2,1H3,(H,20,21)/t12-,15-,16+,17-,18-,19?/m1/s1. The molecule has 1 unspecified atom stereocenters. The molecule has 10 nitrogen and oxygen atoms in total. The number of rotatable bonds is 9. The molecule has 29 heavy (non-hydrogen) atoms. The van der Waals surface area contributed by atoms with E-state index in [2.05, 4.69) is 0 Å². The van der Waals surface area contributed by atoms with E-state index >= 15 is 0 Å². The van der Waals surface area contributed by atoms with Gasteiger partial charge in [-0.3, -0.25) is 9.59 Å². The molecule has 10 heteroatoms. The van der Waals surface area contributed by atoms with Crippen molar-refractivity contribution in [2.45, 2.75) is 62.7 Å². The van der Waals surface area contributed by atoms with Crippen LogP contribution in [0, 0.1) is 0 Å². The number of aliphatic hydroxyl groups is 4. The lowest BCUT2D eigenvalue weighted by molar-refractivity contribution is -0.304. The molecule has 162 valence electrons. The Hall–Kier alpha value is -2.08. The lowest BCUT2D eigenvalue weighted by Crippen LogP contribution is -2.59. The number of esters is 1. The quantitative estimate of drug-likeness (QED) is 0.322. The Bertz CT molecular complexity index is 677. The van der Waals surface area contributed by atoms with E-state index in [4.69, 9.17) is 19.3 Å². The highest BCUT2D eigenvalue weighted by atomic mass is 16.7. The molecule has 0 bridgehead atoms. The van der Waals surface area contributed by atoms with Crippen molar-refractivity contribution in [3.05, 3.63) is 35.9 Å². The molecule has 0 aliphatic carbocycles. The summed E-state index contributed by atoms with van der Waals surface area (Å²) >= 11 is 0. The molecule has 0 aromatic heterocycles. The minimum absolute atomic E-state index is 0.0793. The summed E-state index contributed by atoms with van der Waals surface area (Å²) in [7, 11) is 0. The minimum atomic E-state index is -1.80. The molecule has 5 N–H and O–H groups in total. The number of carbonyl (C=O) groups excluding carboxylic acids is 1. The number of benzene rings is 1. The van der Waals surface area contributed by atoms with Gasteiger partial charge in [-0.1, -0.05) is 30.3 Å². The Morgan fingerprint density at radius 1 is 1.07 bits per heavy atom. The molecule has 0 spiro atoms.